The summed E-state index contributed by atoms with van der Waals surface area (Å²) in [4.78, 5) is 44.9. The zero-order valence-electron chi connectivity index (χ0n) is 20.9. The Kier molecular flexibility index (Phi) is 9.13. The molecule has 0 unspecified atom stereocenters. The maximum Gasteiger partial charge on any atom is 0.248 e. The van der Waals surface area contributed by atoms with Crippen LogP contribution in [0, 0.1) is 11.6 Å². The molecule has 1 saturated carbocycles. The van der Waals surface area contributed by atoms with Gasteiger partial charge in [0.05, 0.1) is 0 Å². The highest BCUT2D eigenvalue weighted by molar-refractivity contribution is 6.01. The minimum absolute atomic E-state index is 0.00842. The van der Waals surface area contributed by atoms with Crippen LogP contribution in [0.4, 0.5) is 20.3 Å². The lowest BCUT2D eigenvalue weighted by Crippen LogP contribution is -2.46. The molecule has 2 aromatic carbocycles. The van der Waals surface area contributed by atoms with Gasteiger partial charge in [-0.2, -0.15) is 0 Å². The van der Waals surface area contributed by atoms with Crippen LogP contribution in [0.2, 0.25) is 0 Å². The van der Waals surface area contributed by atoms with E-state index in [0.29, 0.717) is 17.1 Å². The Morgan fingerprint density at radius 2 is 1.55 bits per heavy atom. The molecule has 2 N–H and O–H groups in total. The van der Waals surface area contributed by atoms with Gasteiger partial charge in [-0.15, -0.1) is 0 Å². The Morgan fingerprint density at radius 1 is 0.895 bits per heavy atom. The Hall–Kier alpha value is -4.14. The van der Waals surface area contributed by atoms with Gasteiger partial charge in [0.1, 0.15) is 23.5 Å². The molecule has 0 saturated heterocycles. The number of halogens is 2. The highest BCUT2D eigenvalue weighted by atomic mass is 19.1. The molecule has 1 aliphatic carbocycles. The molecule has 3 aromatic rings. The number of anilines is 2. The van der Waals surface area contributed by atoms with E-state index in [0.717, 1.165) is 25.7 Å². The van der Waals surface area contributed by atoms with Crippen LogP contribution in [0.5, 0.6) is 0 Å². The van der Waals surface area contributed by atoms with Crippen molar-refractivity contribution in [1.82, 2.24) is 10.3 Å². The van der Waals surface area contributed by atoms with E-state index in [1.165, 1.54) is 53.4 Å². The molecule has 1 atom stereocenters. The Morgan fingerprint density at radius 3 is 2.18 bits per heavy atom. The van der Waals surface area contributed by atoms with E-state index in [1.54, 1.807) is 24.4 Å². The monoisotopic (exact) mass is 520 g/mol. The number of rotatable bonds is 10. The fourth-order valence-electron chi connectivity index (χ4n) is 4.61. The molecule has 1 heterocycles. The minimum Gasteiger partial charge on any atom is -0.351 e. The van der Waals surface area contributed by atoms with Crippen molar-refractivity contribution in [2.45, 2.75) is 57.0 Å². The smallest absolute Gasteiger partial charge is 0.248 e. The summed E-state index contributed by atoms with van der Waals surface area (Å²) >= 11 is 0. The van der Waals surface area contributed by atoms with Crippen molar-refractivity contribution in [1.29, 1.82) is 0 Å². The third-order valence-corrected chi connectivity index (χ3v) is 6.49. The number of carbonyl (C=O) groups is 3. The molecule has 1 fully saturated rings. The van der Waals surface area contributed by atoms with Crippen LogP contribution in [-0.2, 0) is 14.4 Å². The van der Waals surface area contributed by atoms with Crippen LogP contribution in [0.25, 0.3) is 0 Å². The molecular weight excluding hydrogens is 490 g/mol. The van der Waals surface area contributed by atoms with Gasteiger partial charge in [0.25, 0.3) is 0 Å². The first-order chi connectivity index (χ1) is 18.4. The molecule has 0 radical (unpaired) electrons. The Bertz CT molecular complexity index is 1230. The number of hydrogen-bond donors (Lipinski definition) is 2. The summed E-state index contributed by atoms with van der Waals surface area (Å²) in [5.41, 5.74) is 0.748. The van der Waals surface area contributed by atoms with Gasteiger partial charge in [-0.05, 0) is 73.4 Å². The first-order valence-corrected chi connectivity index (χ1v) is 12.7. The van der Waals surface area contributed by atoms with Gasteiger partial charge in [0.2, 0.25) is 17.7 Å². The maximum atomic E-state index is 13.7. The lowest BCUT2D eigenvalue weighted by Gasteiger charge is -2.32. The van der Waals surface area contributed by atoms with E-state index in [4.69, 9.17) is 0 Å². The van der Waals surface area contributed by atoms with Crippen molar-refractivity contribution < 1.29 is 23.2 Å². The van der Waals surface area contributed by atoms with Crippen LogP contribution >= 0.6 is 0 Å². The minimum atomic E-state index is -1.10. The highest BCUT2D eigenvalue weighted by Gasteiger charge is 2.34. The normalized spacial score (nSPS) is 14.1. The average molecular weight is 521 g/mol. The van der Waals surface area contributed by atoms with E-state index in [1.807, 2.05) is 0 Å². The molecule has 0 aliphatic heterocycles. The molecule has 1 aliphatic rings. The Labute approximate surface area is 220 Å². The second kappa shape index (κ2) is 12.9. The van der Waals surface area contributed by atoms with Gasteiger partial charge < -0.3 is 10.6 Å². The lowest BCUT2D eigenvalue weighted by atomic mass is 10.0. The fraction of sp³-hybridized carbons (Fsp3) is 0.310. The van der Waals surface area contributed by atoms with Crippen LogP contribution in [-0.4, -0.2) is 28.7 Å². The number of pyridine rings is 1. The van der Waals surface area contributed by atoms with E-state index >= 15 is 0 Å². The molecule has 0 spiro atoms. The van der Waals surface area contributed by atoms with Crippen LogP contribution < -0.4 is 15.5 Å². The average Bonchev–Trinajstić information content (AvgIpc) is 3.42. The molecule has 9 heteroatoms. The van der Waals surface area contributed by atoms with Crippen molar-refractivity contribution in [3.05, 3.63) is 90.1 Å². The molecule has 3 amide bonds. The molecule has 7 nitrogen and oxygen atoms in total. The number of hydrogen-bond acceptors (Lipinski definition) is 4. The van der Waals surface area contributed by atoms with Gasteiger partial charge in [0.15, 0.2) is 0 Å². The van der Waals surface area contributed by atoms with Gasteiger partial charge in [-0.1, -0.05) is 31.0 Å². The van der Waals surface area contributed by atoms with Gasteiger partial charge in [-0.3, -0.25) is 19.3 Å². The molecule has 0 bridgehead atoms. The SMILES string of the molecule is O=C(CCCC(=O)N(c1ccc(F)cc1)[C@H](C(=O)NC1CCCC1)c1ccc(F)cc1)Nc1ccccn1. The number of carbonyl (C=O) groups excluding carboxylic acids is 3. The van der Waals surface area contributed by atoms with Crippen molar-refractivity contribution in [3.8, 4) is 0 Å². The molecule has 1 aromatic heterocycles. The van der Waals surface area contributed by atoms with Crippen molar-refractivity contribution in [2.24, 2.45) is 0 Å². The number of nitrogens with one attached hydrogen (secondary N) is 2. The quantitative estimate of drug-likeness (QED) is 0.380. The van der Waals surface area contributed by atoms with E-state index in [9.17, 15) is 23.2 Å². The topological polar surface area (TPSA) is 91.4 Å². The number of amides is 3. The summed E-state index contributed by atoms with van der Waals surface area (Å²) in [6, 6.07) is 14.7. The summed E-state index contributed by atoms with van der Waals surface area (Å²) < 4.78 is 27.5. The Balaban J connectivity index is 1.56. The summed E-state index contributed by atoms with van der Waals surface area (Å²) in [7, 11) is 0. The zero-order valence-corrected chi connectivity index (χ0v) is 20.9. The summed E-state index contributed by atoms with van der Waals surface area (Å²) in [5, 5.41) is 5.72. The van der Waals surface area contributed by atoms with E-state index in [2.05, 4.69) is 15.6 Å². The molecule has 4 rings (SSSR count). The fourth-order valence-corrected chi connectivity index (χ4v) is 4.61. The number of benzene rings is 2. The third kappa shape index (κ3) is 7.21. The van der Waals surface area contributed by atoms with Crippen molar-refractivity contribution >= 4 is 29.2 Å². The first kappa shape index (κ1) is 26.9. The second-order valence-electron chi connectivity index (χ2n) is 9.30. The van der Waals surface area contributed by atoms with Crippen molar-refractivity contribution in [2.75, 3.05) is 10.2 Å². The molecule has 198 valence electrons. The first-order valence-electron chi connectivity index (χ1n) is 12.7. The lowest BCUT2D eigenvalue weighted by molar-refractivity contribution is -0.127. The highest BCUT2D eigenvalue weighted by Crippen LogP contribution is 2.30. The maximum absolute atomic E-state index is 13.7. The van der Waals surface area contributed by atoms with Gasteiger partial charge in [-0.25, -0.2) is 13.8 Å². The summed E-state index contributed by atoms with van der Waals surface area (Å²) in [6.07, 6.45) is 5.51. The van der Waals surface area contributed by atoms with E-state index < -0.39 is 29.5 Å². The van der Waals surface area contributed by atoms with E-state index in [-0.39, 0.29) is 31.2 Å². The van der Waals surface area contributed by atoms with Gasteiger partial charge >= 0.3 is 0 Å². The number of nitrogens with zero attached hydrogens (tertiary/aromatic N) is 2. The van der Waals surface area contributed by atoms with Crippen LogP contribution in [0.3, 0.4) is 0 Å². The van der Waals surface area contributed by atoms with Crippen LogP contribution in [0.15, 0.2) is 72.9 Å². The standard InChI is InChI=1S/C29H30F2N4O3/c30-21-13-11-20(12-14-21)28(29(38)33-23-6-1-2-7-23)35(24-17-15-22(31)16-18-24)27(37)10-5-9-26(36)34-25-8-3-4-19-32-25/h3-4,8,11-19,23,28H,1-2,5-7,9-10H2,(H,33,38)(H,32,34,36)/t28-/m0/s1. The van der Waals surface area contributed by atoms with Crippen LogP contribution in [0.1, 0.15) is 56.6 Å². The summed E-state index contributed by atoms with van der Waals surface area (Å²) in [6.45, 7) is 0. The van der Waals surface area contributed by atoms with Gasteiger partial charge in [0, 0.05) is 30.8 Å². The predicted octanol–water partition coefficient (Wildman–Crippen LogP) is 5.30. The third-order valence-electron chi connectivity index (χ3n) is 6.49. The second-order valence-corrected chi connectivity index (χ2v) is 9.30. The zero-order chi connectivity index (χ0) is 26.9. The predicted molar refractivity (Wildman–Crippen MR) is 140 cm³/mol. The van der Waals surface area contributed by atoms with Crippen molar-refractivity contribution in [3.63, 3.8) is 0 Å². The number of aromatic nitrogens is 1. The molecular formula is C29H30F2N4O3. The molecule has 38 heavy (non-hydrogen) atoms. The summed E-state index contributed by atoms with van der Waals surface area (Å²) in [5.74, 6) is -1.65. The largest absolute Gasteiger partial charge is 0.351 e.